The fourth-order valence-corrected chi connectivity index (χ4v) is 0.963. The van der Waals surface area contributed by atoms with Crippen molar-refractivity contribution in [1.29, 1.82) is 0 Å². The van der Waals surface area contributed by atoms with Crippen LogP contribution in [0.2, 0.25) is 0 Å². The number of aliphatic hydroxyl groups is 1. The number of carbonyl (C=O) groups excluding carboxylic acids is 1. The second-order valence-corrected chi connectivity index (χ2v) is 2.66. The first-order chi connectivity index (χ1) is 6.13. The average molecular weight is 183 g/mol. The maximum absolute atomic E-state index is 13.2. The minimum Gasteiger partial charge on any atom is -0.380 e. The normalized spacial score (nSPS) is 14.9. The summed E-state index contributed by atoms with van der Waals surface area (Å²) in [5.74, 6) is -1.06. The van der Waals surface area contributed by atoms with Gasteiger partial charge in [0.05, 0.1) is 0 Å². The van der Waals surface area contributed by atoms with E-state index in [2.05, 4.69) is 0 Å². The summed E-state index contributed by atoms with van der Waals surface area (Å²) in [6, 6.07) is 7.92. The van der Waals surface area contributed by atoms with E-state index in [9.17, 15) is 9.18 Å². The Morgan fingerprint density at radius 2 is 1.92 bits per heavy atom. The number of hydrogen-bond acceptors (Lipinski definition) is 2. The molecule has 1 amide bonds. The van der Waals surface area contributed by atoms with Crippen LogP contribution in [0, 0.1) is 0 Å². The maximum Gasteiger partial charge on any atom is 0.249 e. The predicted octanol–water partition coefficient (Wildman–Crippen LogP) is 0.543. The van der Waals surface area contributed by atoms with Crippen molar-refractivity contribution in [1.82, 2.24) is 0 Å². The van der Waals surface area contributed by atoms with E-state index in [1.807, 2.05) is 0 Å². The molecule has 0 aliphatic heterocycles. The number of aliphatic hydroxyl groups excluding tert-OH is 1. The molecule has 0 radical (unpaired) electrons. The topological polar surface area (TPSA) is 63.3 Å². The fraction of sp³-hybridized carbons (Fsp3) is 0.222. The van der Waals surface area contributed by atoms with Crippen LogP contribution in [0.4, 0.5) is 4.39 Å². The minimum atomic E-state index is -1.78. The molecule has 1 rings (SSSR count). The molecule has 1 aromatic carbocycles. The minimum absolute atomic E-state index is 0.244. The summed E-state index contributed by atoms with van der Waals surface area (Å²) >= 11 is 0. The van der Waals surface area contributed by atoms with Crippen LogP contribution in [-0.4, -0.2) is 17.1 Å². The van der Waals surface area contributed by atoms with Crippen LogP contribution in [-0.2, 0) is 4.79 Å². The Kier molecular flexibility index (Phi) is 2.97. The zero-order chi connectivity index (χ0) is 9.84. The summed E-state index contributed by atoms with van der Waals surface area (Å²) in [4.78, 5) is 10.4. The Morgan fingerprint density at radius 3 is 2.38 bits per heavy atom. The van der Waals surface area contributed by atoms with Crippen LogP contribution in [0.1, 0.15) is 11.7 Å². The van der Waals surface area contributed by atoms with Crippen molar-refractivity contribution in [3.8, 4) is 0 Å². The molecular weight excluding hydrogens is 173 g/mol. The van der Waals surface area contributed by atoms with Crippen LogP contribution in [0.5, 0.6) is 0 Å². The maximum atomic E-state index is 13.2. The molecule has 2 atom stereocenters. The van der Waals surface area contributed by atoms with Gasteiger partial charge in [0.15, 0.2) is 12.3 Å². The molecule has 0 bridgehead atoms. The Labute approximate surface area is 75.0 Å². The monoisotopic (exact) mass is 183 g/mol. The van der Waals surface area contributed by atoms with Gasteiger partial charge in [-0.1, -0.05) is 30.3 Å². The second-order valence-electron chi connectivity index (χ2n) is 2.66. The molecule has 13 heavy (non-hydrogen) atoms. The largest absolute Gasteiger partial charge is 0.380 e. The molecular formula is C9H10FNO2. The lowest BCUT2D eigenvalue weighted by molar-refractivity contribution is -0.129. The standard InChI is InChI=1S/C9H10FNO2/c10-7(8(12)9(11)13)6-4-2-1-3-5-6/h1-5,7-8,12H,(H2,11,13)/t7-,8-/m1/s1. The summed E-state index contributed by atoms with van der Waals surface area (Å²) in [5, 5.41) is 9.00. The van der Waals surface area contributed by atoms with Crippen LogP contribution in [0.3, 0.4) is 0 Å². The number of amides is 1. The summed E-state index contributed by atoms with van der Waals surface area (Å²) in [7, 11) is 0. The fourth-order valence-electron chi connectivity index (χ4n) is 0.963. The van der Waals surface area contributed by atoms with Crippen molar-refractivity contribution in [3.05, 3.63) is 35.9 Å². The van der Waals surface area contributed by atoms with Gasteiger partial charge in [0.1, 0.15) is 0 Å². The van der Waals surface area contributed by atoms with Gasteiger partial charge in [-0.05, 0) is 5.56 Å². The number of alkyl halides is 1. The van der Waals surface area contributed by atoms with E-state index in [0.29, 0.717) is 0 Å². The van der Waals surface area contributed by atoms with E-state index in [1.165, 1.54) is 12.1 Å². The van der Waals surface area contributed by atoms with E-state index in [-0.39, 0.29) is 5.56 Å². The molecule has 0 saturated carbocycles. The van der Waals surface area contributed by atoms with Crippen LogP contribution in [0.15, 0.2) is 30.3 Å². The molecule has 1 aromatic rings. The number of carbonyl (C=O) groups is 1. The van der Waals surface area contributed by atoms with Crippen LogP contribution < -0.4 is 5.73 Å². The van der Waals surface area contributed by atoms with Gasteiger partial charge in [-0.2, -0.15) is 0 Å². The van der Waals surface area contributed by atoms with Crippen molar-refractivity contribution < 1.29 is 14.3 Å². The second kappa shape index (κ2) is 4.00. The molecule has 3 N–H and O–H groups in total. The highest BCUT2D eigenvalue weighted by Crippen LogP contribution is 2.20. The quantitative estimate of drug-likeness (QED) is 0.718. The van der Waals surface area contributed by atoms with E-state index < -0.39 is 18.2 Å². The van der Waals surface area contributed by atoms with E-state index in [1.54, 1.807) is 18.2 Å². The van der Waals surface area contributed by atoms with E-state index in [4.69, 9.17) is 10.8 Å². The van der Waals surface area contributed by atoms with Crippen LogP contribution in [0.25, 0.3) is 0 Å². The number of halogens is 1. The van der Waals surface area contributed by atoms with Gasteiger partial charge in [-0.15, -0.1) is 0 Å². The molecule has 3 nitrogen and oxygen atoms in total. The third-order valence-corrected chi connectivity index (χ3v) is 1.69. The molecule has 0 unspecified atom stereocenters. The van der Waals surface area contributed by atoms with Gasteiger partial charge in [0, 0.05) is 0 Å². The lowest BCUT2D eigenvalue weighted by Crippen LogP contribution is -2.32. The third kappa shape index (κ3) is 2.26. The zero-order valence-corrected chi connectivity index (χ0v) is 6.85. The van der Waals surface area contributed by atoms with E-state index in [0.717, 1.165) is 0 Å². The first kappa shape index (κ1) is 9.67. The first-order valence-corrected chi connectivity index (χ1v) is 3.79. The van der Waals surface area contributed by atoms with Crippen molar-refractivity contribution in [2.24, 2.45) is 5.73 Å². The molecule has 70 valence electrons. The molecule has 0 fully saturated rings. The number of hydrogen-bond donors (Lipinski definition) is 2. The molecule has 0 spiro atoms. The molecule has 0 heterocycles. The van der Waals surface area contributed by atoms with Gasteiger partial charge in [-0.3, -0.25) is 4.79 Å². The average Bonchev–Trinajstić information content (AvgIpc) is 2.17. The van der Waals surface area contributed by atoms with Gasteiger partial charge < -0.3 is 10.8 Å². The Hall–Kier alpha value is -1.42. The Morgan fingerprint density at radius 1 is 1.38 bits per heavy atom. The molecule has 0 saturated heterocycles. The summed E-state index contributed by atoms with van der Waals surface area (Å²) < 4.78 is 13.2. The lowest BCUT2D eigenvalue weighted by atomic mass is 10.1. The number of rotatable bonds is 3. The third-order valence-electron chi connectivity index (χ3n) is 1.69. The van der Waals surface area contributed by atoms with Gasteiger partial charge >= 0.3 is 0 Å². The van der Waals surface area contributed by atoms with Crippen molar-refractivity contribution in [3.63, 3.8) is 0 Å². The van der Waals surface area contributed by atoms with Crippen molar-refractivity contribution >= 4 is 5.91 Å². The van der Waals surface area contributed by atoms with Crippen molar-refractivity contribution in [2.75, 3.05) is 0 Å². The molecule has 4 heteroatoms. The SMILES string of the molecule is NC(=O)[C@H](O)[C@H](F)c1ccccc1. The number of nitrogens with two attached hydrogens (primary N) is 1. The molecule has 0 aliphatic carbocycles. The Balaban J connectivity index is 2.79. The summed E-state index contributed by atoms with van der Waals surface area (Å²) in [5.41, 5.74) is 4.99. The Bertz CT molecular complexity index is 289. The highest BCUT2D eigenvalue weighted by Gasteiger charge is 2.24. The highest BCUT2D eigenvalue weighted by molar-refractivity contribution is 5.79. The first-order valence-electron chi connectivity index (χ1n) is 3.79. The van der Waals surface area contributed by atoms with Gasteiger partial charge in [0.2, 0.25) is 5.91 Å². The zero-order valence-electron chi connectivity index (χ0n) is 6.85. The van der Waals surface area contributed by atoms with Gasteiger partial charge in [0.25, 0.3) is 0 Å². The molecule has 0 aromatic heterocycles. The van der Waals surface area contributed by atoms with E-state index >= 15 is 0 Å². The molecule has 0 aliphatic rings. The smallest absolute Gasteiger partial charge is 0.249 e. The number of primary amides is 1. The van der Waals surface area contributed by atoms with Gasteiger partial charge in [-0.25, -0.2) is 4.39 Å². The van der Waals surface area contributed by atoms with Crippen molar-refractivity contribution in [2.45, 2.75) is 12.3 Å². The number of benzene rings is 1. The lowest BCUT2D eigenvalue weighted by Gasteiger charge is -2.11. The highest BCUT2D eigenvalue weighted by atomic mass is 19.1. The predicted molar refractivity (Wildman–Crippen MR) is 45.5 cm³/mol. The van der Waals surface area contributed by atoms with Crippen LogP contribution >= 0.6 is 0 Å². The summed E-state index contributed by atoms with van der Waals surface area (Å²) in [6.45, 7) is 0. The summed E-state index contributed by atoms with van der Waals surface area (Å²) in [6.07, 6.45) is -3.53.